The lowest BCUT2D eigenvalue weighted by Gasteiger charge is -2.34. The highest BCUT2D eigenvalue weighted by Gasteiger charge is 2.62. The van der Waals surface area contributed by atoms with Crippen molar-refractivity contribution in [3.8, 4) is 0 Å². The molecule has 0 aromatic carbocycles. The van der Waals surface area contributed by atoms with Crippen LogP contribution >= 0.6 is 0 Å². The number of rotatable bonds is 5. The van der Waals surface area contributed by atoms with Crippen LogP contribution in [0.15, 0.2) is 0 Å². The molecule has 18 heavy (non-hydrogen) atoms. The zero-order valence-electron chi connectivity index (χ0n) is 12.5. The van der Waals surface area contributed by atoms with Crippen LogP contribution in [-0.2, 0) is 14.2 Å². The van der Waals surface area contributed by atoms with E-state index >= 15 is 0 Å². The number of morpholine rings is 1. The number of likely N-dealkylation sites (tertiary alicyclic amines) is 1. The van der Waals surface area contributed by atoms with Gasteiger partial charge < -0.3 is 14.2 Å². The summed E-state index contributed by atoms with van der Waals surface area (Å²) in [7, 11) is 2.15. The number of hydrogen-bond donors (Lipinski definition) is 0. The molecule has 4 atom stereocenters. The van der Waals surface area contributed by atoms with E-state index in [1.54, 1.807) is 0 Å². The van der Waals surface area contributed by atoms with Gasteiger partial charge in [0, 0.05) is 6.54 Å². The molecule has 0 aromatic rings. The number of likely N-dealkylation sites (N-methyl/N-ethyl adjacent to an activating group) is 1. The van der Waals surface area contributed by atoms with Crippen molar-refractivity contribution in [2.24, 2.45) is 0 Å². The van der Waals surface area contributed by atoms with Crippen LogP contribution in [0.5, 0.6) is 0 Å². The van der Waals surface area contributed by atoms with Crippen molar-refractivity contribution < 1.29 is 14.2 Å². The van der Waals surface area contributed by atoms with Crippen molar-refractivity contribution in [2.75, 3.05) is 20.2 Å². The molecule has 0 saturated carbocycles. The van der Waals surface area contributed by atoms with E-state index in [0.717, 1.165) is 6.54 Å². The van der Waals surface area contributed by atoms with Gasteiger partial charge in [-0.1, -0.05) is 0 Å². The molecule has 0 N–H and O–H groups in total. The fraction of sp³-hybridized carbons (Fsp3) is 1.00. The molecule has 2 fully saturated rings. The second-order valence-electron chi connectivity index (χ2n) is 6.26. The molecule has 2 heterocycles. The minimum atomic E-state index is -0.284. The van der Waals surface area contributed by atoms with Crippen LogP contribution in [0.4, 0.5) is 0 Å². The molecule has 0 radical (unpaired) electrons. The average molecular weight is 257 g/mol. The SMILES string of the molecule is CC(C)OC[C@@]12CN(C)[C@@H]([C@H](C)O1)[C@@H]2OC(C)C. The Morgan fingerprint density at radius 2 is 1.94 bits per heavy atom. The fourth-order valence-corrected chi connectivity index (χ4v) is 3.28. The summed E-state index contributed by atoms with van der Waals surface area (Å²) < 4.78 is 18.1. The molecular formula is C14H27NO3. The highest BCUT2D eigenvalue weighted by molar-refractivity contribution is 5.13. The molecule has 2 aliphatic rings. The molecule has 2 aliphatic heterocycles. The maximum atomic E-state index is 6.19. The summed E-state index contributed by atoms with van der Waals surface area (Å²) in [4.78, 5) is 2.35. The van der Waals surface area contributed by atoms with Crippen molar-refractivity contribution in [1.82, 2.24) is 4.90 Å². The van der Waals surface area contributed by atoms with Crippen molar-refractivity contribution in [3.05, 3.63) is 0 Å². The first-order valence-corrected chi connectivity index (χ1v) is 7.01. The number of nitrogens with zero attached hydrogens (tertiary/aromatic N) is 1. The van der Waals surface area contributed by atoms with Gasteiger partial charge in [0.1, 0.15) is 11.7 Å². The van der Waals surface area contributed by atoms with Gasteiger partial charge in [0.05, 0.1) is 31.0 Å². The smallest absolute Gasteiger partial charge is 0.132 e. The summed E-state index contributed by atoms with van der Waals surface area (Å²) in [6.07, 6.45) is 0.777. The Morgan fingerprint density at radius 3 is 2.44 bits per heavy atom. The molecule has 0 unspecified atom stereocenters. The molecule has 2 rings (SSSR count). The van der Waals surface area contributed by atoms with E-state index in [1.165, 1.54) is 0 Å². The molecule has 0 aliphatic carbocycles. The van der Waals surface area contributed by atoms with Gasteiger partial charge in [-0.2, -0.15) is 0 Å². The largest absolute Gasteiger partial charge is 0.376 e. The summed E-state index contributed by atoms with van der Waals surface area (Å²) in [5.41, 5.74) is -0.284. The maximum absolute atomic E-state index is 6.19. The van der Waals surface area contributed by atoms with Crippen LogP contribution in [-0.4, -0.2) is 61.2 Å². The van der Waals surface area contributed by atoms with Crippen molar-refractivity contribution in [1.29, 1.82) is 0 Å². The lowest BCUT2D eigenvalue weighted by Crippen LogP contribution is -2.49. The van der Waals surface area contributed by atoms with Gasteiger partial charge in [-0.25, -0.2) is 0 Å². The van der Waals surface area contributed by atoms with Crippen molar-refractivity contribution in [3.63, 3.8) is 0 Å². The summed E-state index contributed by atoms with van der Waals surface area (Å²) in [6.45, 7) is 11.9. The maximum Gasteiger partial charge on any atom is 0.132 e. The van der Waals surface area contributed by atoms with Crippen LogP contribution in [0, 0.1) is 0 Å². The summed E-state index contributed by atoms with van der Waals surface area (Å²) in [5.74, 6) is 0. The average Bonchev–Trinajstić information content (AvgIpc) is 2.62. The second kappa shape index (κ2) is 5.08. The zero-order valence-corrected chi connectivity index (χ0v) is 12.5. The van der Waals surface area contributed by atoms with E-state index in [1.807, 2.05) is 0 Å². The third-order valence-electron chi connectivity index (χ3n) is 3.84. The molecule has 0 aromatic heterocycles. The predicted molar refractivity (Wildman–Crippen MR) is 70.8 cm³/mol. The van der Waals surface area contributed by atoms with Crippen molar-refractivity contribution in [2.45, 2.75) is 70.7 Å². The van der Waals surface area contributed by atoms with Gasteiger partial charge >= 0.3 is 0 Å². The topological polar surface area (TPSA) is 30.9 Å². The number of fused-ring (bicyclic) bond motifs is 2. The molecule has 0 amide bonds. The predicted octanol–water partition coefficient (Wildman–Crippen LogP) is 1.68. The van der Waals surface area contributed by atoms with Crippen LogP contribution in [0.2, 0.25) is 0 Å². The van der Waals surface area contributed by atoms with Crippen molar-refractivity contribution >= 4 is 0 Å². The third-order valence-corrected chi connectivity index (χ3v) is 3.84. The Balaban J connectivity index is 2.14. The summed E-state index contributed by atoms with van der Waals surface area (Å²) >= 11 is 0. The number of ether oxygens (including phenoxy) is 3. The standard InChI is InChI=1S/C14H27NO3/c1-9(2)16-8-14-7-15(6)12(11(5)18-14)13(14)17-10(3)4/h9-13H,7-8H2,1-6H3/t11-,12-,13-,14+/m0/s1. The molecule has 0 spiro atoms. The highest BCUT2D eigenvalue weighted by atomic mass is 16.6. The van der Waals surface area contributed by atoms with E-state index < -0.39 is 0 Å². The second-order valence-corrected chi connectivity index (χ2v) is 6.26. The van der Waals surface area contributed by atoms with Gasteiger partial charge in [-0.15, -0.1) is 0 Å². The summed E-state index contributed by atoms with van der Waals surface area (Å²) in [6, 6.07) is 0.350. The Hall–Kier alpha value is -0.160. The van der Waals surface area contributed by atoms with Gasteiger partial charge in [-0.3, -0.25) is 4.90 Å². The lowest BCUT2D eigenvalue weighted by atomic mass is 9.99. The summed E-state index contributed by atoms with van der Waals surface area (Å²) in [5, 5.41) is 0. The van der Waals surface area contributed by atoms with E-state index in [4.69, 9.17) is 14.2 Å². The van der Waals surface area contributed by atoms with E-state index in [-0.39, 0.29) is 30.0 Å². The minimum absolute atomic E-state index is 0.122. The minimum Gasteiger partial charge on any atom is -0.376 e. The first kappa shape index (κ1) is 14.3. The molecule has 2 saturated heterocycles. The van der Waals surface area contributed by atoms with Gasteiger partial charge in [0.2, 0.25) is 0 Å². The van der Waals surface area contributed by atoms with Crippen LogP contribution < -0.4 is 0 Å². The monoisotopic (exact) mass is 257 g/mol. The molecule has 106 valence electrons. The highest BCUT2D eigenvalue weighted by Crippen LogP contribution is 2.43. The van der Waals surface area contributed by atoms with Gasteiger partial charge in [0.15, 0.2) is 0 Å². The zero-order chi connectivity index (χ0) is 13.5. The Kier molecular flexibility index (Phi) is 4.02. The van der Waals surface area contributed by atoms with Gasteiger partial charge in [0.25, 0.3) is 0 Å². The number of hydrogen-bond acceptors (Lipinski definition) is 4. The normalized spacial score (nSPS) is 40.3. The Bertz CT molecular complexity index is 281. The quantitative estimate of drug-likeness (QED) is 0.750. The van der Waals surface area contributed by atoms with E-state index in [2.05, 4.69) is 46.6 Å². The molecule has 4 nitrogen and oxygen atoms in total. The Morgan fingerprint density at radius 1 is 1.28 bits per heavy atom. The van der Waals surface area contributed by atoms with E-state index in [0.29, 0.717) is 12.6 Å². The lowest BCUT2D eigenvalue weighted by molar-refractivity contribution is -0.154. The fourth-order valence-electron chi connectivity index (χ4n) is 3.28. The molecular weight excluding hydrogens is 230 g/mol. The Labute approximate surface area is 111 Å². The van der Waals surface area contributed by atoms with Gasteiger partial charge in [-0.05, 0) is 41.7 Å². The van der Waals surface area contributed by atoms with Crippen LogP contribution in [0.25, 0.3) is 0 Å². The van der Waals surface area contributed by atoms with Crippen LogP contribution in [0.1, 0.15) is 34.6 Å². The van der Waals surface area contributed by atoms with Crippen LogP contribution in [0.3, 0.4) is 0 Å². The molecule has 2 bridgehead atoms. The first-order valence-electron chi connectivity index (χ1n) is 7.01. The molecule has 4 heteroatoms. The van der Waals surface area contributed by atoms with E-state index in [9.17, 15) is 0 Å². The third kappa shape index (κ3) is 2.44. The first-order chi connectivity index (χ1) is 8.35.